The summed E-state index contributed by atoms with van der Waals surface area (Å²) in [6, 6.07) is 7.76. The summed E-state index contributed by atoms with van der Waals surface area (Å²) >= 11 is 1.65. The number of carbonyl (C=O) groups is 1. The highest BCUT2D eigenvalue weighted by molar-refractivity contribution is 7.10. The first-order valence-corrected chi connectivity index (χ1v) is 8.82. The predicted octanol–water partition coefficient (Wildman–Crippen LogP) is 3.56. The van der Waals surface area contributed by atoms with Crippen LogP contribution in [0.4, 0.5) is 0 Å². The molecule has 3 aromatic heterocycles. The predicted molar refractivity (Wildman–Crippen MR) is 96.8 cm³/mol. The van der Waals surface area contributed by atoms with E-state index in [9.17, 15) is 4.79 Å². The first kappa shape index (κ1) is 16.7. The number of rotatable bonds is 6. The summed E-state index contributed by atoms with van der Waals surface area (Å²) in [5, 5.41) is 6.04. The van der Waals surface area contributed by atoms with Crippen LogP contribution in [-0.2, 0) is 4.74 Å². The number of hydrogen-bond acceptors (Lipinski definition) is 4. The molecule has 5 nitrogen and oxygen atoms in total. The van der Waals surface area contributed by atoms with Gasteiger partial charge in [-0.15, -0.1) is 11.3 Å². The van der Waals surface area contributed by atoms with E-state index in [2.05, 4.69) is 24.5 Å². The molecule has 0 aliphatic rings. The van der Waals surface area contributed by atoms with Crippen LogP contribution in [0.5, 0.6) is 0 Å². The van der Waals surface area contributed by atoms with Crippen LogP contribution in [0.15, 0.2) is 35.8 Å². The van der Waals surface area contributed by atoms with Crippen molar-refractivity contribution in [3.8, 4) is 11.4 Å². The average Bonchev–Trinajstić information content (AvgIpc) is 3.19. The Morgan fingerprint density at radius 1 is 1.42 bits per heavy atom. The number of thiazole rings is 1. The Morgan fingerprint density at radius 3 is 2.96 bits per heavy atom. The summed E-state index contributed by atoms with van der Waals surface area (Å²) in [6.07, 6.45) is 1.96. The standard InChI is InChI=1S/C18H21N3O2S/c1-12(2)18-20-14(11-24-18)16-10-13(17(22)19-7-9-23-3)15-6-4-5-8-21(15)16/h4-6,8,10-12H,7,9H2,1-3H3,(H,19,22). The Bertz CT molecular complexity index is 851. The number of nitrogens with zero attached hydrogens (tertiary/aromatic N) is 2. The van der Waals surface area contributed by atoms with E-state index in [-0.39, 0.29) is 5.91 Å². The van der Waals surface area contributed by atoms with E-state index in [4.69, 9.17) is 9.72 Å². The molecule has 3 aromatic rings. The van der Waals surface area contributed by atoms with Crippen LogP contribution in [0, 0.1) is 0 Å². The second-order valence-corrected chi connectivity index (χ2v) is 6.76. The maximum atomic E-state index is 12.5. The third-order valence-electron chi connectivity index (χ3n) is 3.79. The summed E-state index contributed by atoms with van der Waals surface area (Å²) in [4.78, 5) is 17.2. The van der Waals surface area contributed by atoms with Gasteiger partial charge in [0.2, 0.25) is 0 Å². The molecule has 0 saturated carbocycles. The molecule has 0 atom stereocenters. The van der Waals surface area contributed by atoms with Gasteiger partial charge in [-0.05, 0) is 18.2 Å². The van der Waals surface area contributed by atoms with Crippen molar-refractivity contribution in [2.75, 3.05) is 20.3 Å². The zero-order valence-electron chi connectivity index (χ0n) is 14.1. The van der Waals surface area contributed by atoms with Crippen LogP contribution in [0.1, 0.15) is 35.1 Å². The maximum absolute atomic E-state index is 12.5. The monoisotopic (exact) mass is 343 g/mol. The molecule has 24 heavy (non-hydrogen) atoms. The van der Waals surface area contributed by atoms with E-state index >= 15 is 0 Å². The Labute approximate surface area is 145 Å². The van der Waals surface area contributed by atoms with Gasteiger partial charge in [-0.1, -0.05) is 19.9 Å². The van der Waals surface area contributed by atoms with Gasteiger partial charge in [0, 0.05) is 31.1 Å². The molecule has 0 bridgehead atoms. The molecular weight excluding hydrogens is 322 g/mol. The van der Waals surface area contributed by atoms with Crippen LogP contribution in [0.2, 0.25) is 0 Å². The maximum Gasteiger partial charge on any atom is 0.253 e. The van der Waals surface area contributed by atoms with Gasteiger partial charge in [-0.3, -0.25) is 4.79 Å². The zero-order chi connectivity index (χ0) is 17.1. The fourth-order valence-electron chi connectivity index (χ4n) is 2.56. The fraction of sp³-hybridized carbons (Fsp3) is 0.333. The molecule has 0 saturated heterocycles. The molecule has 1 amide bonds. The smallest absolute Gasteiger partial charge is 0.253 e. The Hall–Kier alpha value is -2.18. The number of hydrogen-bond donors (Lipinski definition) is 1. The summed E-state index contributed by atoms with van der Waals surface area (Å²) in [5.74, 6) is 0.299. The Morgan fingerprint density at radius 2 is 2.25 bits per heavy atom. The van der Waals surface area contributed by atoms with Crippen LogP contribution in [-0.4, -0.2) is 35.6 Å². The highest BCUT2D eigenvalue weighted by atomic mass is 32.1. The molecule has 0 aliphatic heterocycles. The largest absolute Gasteiger partial charge is 0.383 e. The van der Waals surface area contributed by atoms with E-state index in [1.54, 1.807) is 18.4 Å². The molecule has 126 valence electrons. The third-order valence-corrected chi connectivity index (χ3v) is 4.94. The summed E-state index contributed by atoms with van der Waals surface area (Å²) in [7, 11) is 1.62. The normalized spacial score (nSPS) is 11.3. The molecule has 3 heterocycles. The van der Waals surface area contributed by atoms with Gasteiger partial charge in [0.15, 0.2) is 0 Å². The summed E-state index contributed by atoms with van der Waals surface area (Å²) < 4.78 is 7.00. The van der Waals surface area contributed by atoms with Crippen molar-refractivity contribution in [3.63, 3.8) is 0 Å². The molecule has 1 N–H and O–H groups in total. The van der Waals surface area contributed by atoms with Crippen molar-refractivity contribution >= 4 is 22.8 Å². The first-order valence-electron chi connectivity index (χ1n) is 7.95. The minimum Gasteiger partial charge on any atom is -0.383 e. The molecule has 0 aliphatic carbocycles. The van der Waals surface area contributed by atoms with Crippen molar-refractivity contribution < 1.29 is 9.53 Å². The lowest BCUT2D eigenvalue weighted by molar-refractivity contribution is 0.0939. The van der Waals surface area contributed by atoms with Crippen LogP contribution in [0.3, 0.4) is 0 Å². The molecule has 0 aromatic carbocycles. The number of methoxy groups -OCH3 is 1. The van der Waals surface area contributed by atoms with Crippen molar-refractivity contribution in [2.45, 2.75) is 19.8 Å². The van der Waals surface area contributed by atoms with Gasteiger partial charge in [0.1, 0.15) is 0 Å². The number of fused-ring (bicyclic) bond motifs is 1. The van der Waals surface area contributed by atoms with Gasteiger partial charge >= 0.3 is 0 Å². The SMILES string of the molecule is COCCNC(=O)c1cc(-c2csc(C(C)C)n2)n2ccccc12. The topological polar surface area (TPSA) is 55.6 Å². The van der Waals surface area contributed by atoms with E-state index in [1.165, 1.54) is 0 Å². The molecular formula is C18H21N3O2S. The summed E-state index contributed by atoms with van der Waals surface area (Å²) in [5.41, 5.74) is 3.37. The number of pyridine rings is 1. The van der Waals surface area contributed by atoms with Gasteiger partial charge in [-0.2, -0.15) is 0 Å². The second kappa shape index (κ2) is 7.15. The molecule has 0 fully saturated rings. The Balaban J connectivity index is 2.01. The van der Waals surface area contributed by atoms with Gasteiger partial charge in [0.05, 0.1) is 34.1 Å². The lowest BCUT2D eigenvalue weighted by atomic mass is 10.2. The first-order chi connectivity index (χ1) is 11.6. The number of amides is 1. The second-order valence-electron chi connectivity index (χ2n) is 5.87. The quantitative estimate of drug-likeness (QED) is 0.696. The third kappa shape index (κ3) is 3.20. The minimum absolute atomic E-state index is 0.0960. The zero-order valence-corrected chi connectivity index (χ0v) is 14.9. The van der Waals surface area contributed by atoms with Crippen molar-refractivity contribution in [1.82, 2.24) is 14.7 Å². The lowest BCUT2D eigenvalue weighted by Gasteiger charge is -2.03. The van der Waals surface area contributed by atoms with E-state index in [1.807, 2.05) is 34.9 Å². The Kier molecular flexibility index (Phi) is 4.97. The number of ether oxygens (including phenoxy) is 1. The van der Waals surface area contributed by atoms with Gasteiger partial charge in [0.25, 0.3) is 5.91 Å². The number of nitrogens with one attached hydrogen (secondary N) is 1. The van der Waals surface area contributed by atoms with Crippen LogP contribution >= 0.6 is 11.3 Å². The highest BCUT2D eigenvalue weighted by Gasteiger charge is 2.18. The highest BCUT2D eigenvalue weighted by Crippen LogP contribution is 2.29. The number of carbonyl (C=O) groups excluding carboxylic acids is 1. The van der Waals surface area contributed by atoms with Crippen molar-refractivity contribution in [2.24, 2.45) is 0 Å². The summed E-state index contributed by atoms with van der Waals surface area (Å²) in [6.45, 7) is 5.25. The van der Waals surface area contributed by atoms with Gasteiger partial charge in [-0.25, -0.2) is 4.98 Å². The minimum atomic E-state index is -0.0960. The lowest BCUT2D eigenvalue weighted by Crippen LogP contribution is -2.26. The van der Waals surface area contributed by atoms with E-state index in [0.29, 0.717) is 24.6 Å². The fourth-order valence-corrected chi connectivity index (χ4v) is 3.39. The van der Waals surface area contributed by atoms with Crippen LogP contribution in [0.25, 0.3) is 16.9 Å². The van der Waals surface area contributed by atoms with Crippen molar-refractivity contribution in [3.05, 3.63) is 46.4 Å². The molecule has 0 spiro atoms. The average molecular weight is 343 g/mol. The van der Waals surface area contributed by atoms with Crippen LogP contribution < -0.4 is 5.32 Å². The van der Waals surface area contributed by atoms with E-state index < -0.39 is 0 Å². The molecule has 0 unspecified atom stereocenters. The van der Waals surface area contributed by atoms with Gasteiger partial charge < -0.3 is 14.5 Å². The molecule has 0 radical (unpaired) electrons. The van der Waals surface area contributed by atoms with E-state index in [0.717, 1.165) is 21.9 Å². The van der Waals surface area contributed by atoms with Crippen molar-refractivity contribution in [1.29, 1.82) is 0 Å². The molecule has 6 heteroatoms. The number of aromatic nitrogens is 2. The molecule has 3 rings (SSSR count).